The van der Waals surface area contributed by atoms with Gasteiger partial charge in [0, 0.05) is 12.2 Å². The fourth-order valence-electron chi connectivity index (χ4n) is 3.16. The predicted molar refractivity (Wildman–Crippen MR) is 105 cm³/mol. The molecule has 1 N–H and O–H groups in total. The number of amides is 2. The molecule has 5 heteroatoms. The lowest BCUT2D eigenvalue weighted by Gasteiger charge is -2.34. The predicted octanol–water partition coefficient (Wildman–Crippen LogP) is 3.40. The number of nitrogens with zero attached hydrogens (tertiary/aromatic N) is 1. The van der Waals surface area contributed by atoms with Gasteiger partial charge in [0.25, 0.3) is 0 Å². The first kappa shape index (κ1) is 19.1. The molecular formula is C22H26N2O3. The van der Waals surface area contributed by atoms with E-state index < -0.39 is 6.04 Å². The highest BCUT2D eigenvalue weighted by molar-refractivity contribution is 5.97. The number of unbranched alkanes of at least 4 members (excludes halogenated alkanes) is 1. The van der Waals surface area contributed by atoms with Gasteiger partial charge in [-0.05, 0) is 36.1 Å². The van der Waals surface area contributed by atoms with Crippen LogP contribution in [0, 0.1) is 0 Å². The summed E-state index contributed by atoms with van der Waals surface area (Å²) in [5.74, 6) is -0.388. The second-order valence-electron chi connectivity index (χ2n) is 6.83. The number of aryl methyl sites for hydroxylation is 1. The second kappa shape index (κ2) is 9.33. The molecule has 1 atom stereocenters. The Morgan fingerprint density at radius 3 is 2.56 bits per heavy atom. The van der Waals surface area contributed by atoms with Crippen molar-refractivity contribution in [2.24, 2.45) is 0 Å². The zero-order chi connectivity index (χ0) is 19.1. The van der Waals surface area contributed by atoms with Gasteiger partial charge in [-0.3, -0.25) is 9.59 Å². The van der Waals surface area contributed by atoms with Crippen LogP contribution >= 0.6 is 0 Å². The van der Waals surface area contributed by atoms with Gasteiger partial charge in [-0.1, -0.05) is 55.8 Å². The maximum atomic E-state index is 12.8. The van der Waals surface area contributed by atoms with Crippen LogP contribution in [0.25, 0.3) is 0 Å². The van der Waals surface area contributed by atoms with E-state index in [1.807, 2.05) is 54.6 Å². The van der Waals surface area contributed by atoms with Crippen molar-refractivity contribution in [2.75, 3.05) is 18.5 Å². The lowest BCUT2D eigenvalue weighted by molar-refractivity contribution is -0.154. The van der Waals surface area contributed by atoms with Crippen LogP contribution in [-0.2, 0) is 27.3 Å². The van der Waals surface area contributed by atoms with Gasteiger partial charge >= 0.3 is 0 Å². The molecule has 1 aliphatic heterocycles. The molecule has 27 heavy (non-hydrogen) atoms. The molecule has 1 fully saturated rings. The van der Waals surface area contributed by atoms with E-state index in [4.69, 9.17) is 4.74 Å². The Morgan fingerprint density at radius 1 is 1.11 bits per heavy atom. The average Bonchev–Trinajstić information content (AvgIpc) is 2.70. The van der Waals surface area contributed by atoms with Crippen molar-refractivity contribution in [1.82, 2.24) is 4.90 Å². The minimum absolute atomic E-state index is 0.0166. The summed E-state index contributed by atoms with van der Waals surface area (Å²) in [6.45, 7) is 2.79. The number of morpholine rings is 1. The number of anilines is 1. The zero-order valence-corrected chi connectivity index (χ0v) is 15.7. The van der Waals surface area contributed by atoms with E-state index in [9.17, 15) is 9.59 Å². The molecule has 0 aliphatic carbocycles. The summed E-state index contributed by atoms with van der Waals surface area (Å²) in [7, 11) is 0. The Morgan fingerprint density at radius 2 is 1.85 bits per heavy atom. The Kier molecular flexibility index (Phi) is 6.60. The van der Waals surface area contributed by atoms with Crippen LogP contribution in [0.2, 0.25) is 0 Å². The SMILES string of the molecule is CCCCc1ccc(NC(=O)[C@@H]2COCC(=O)N2Cc2ccccc2)cc1. The molecular weight excluding hydrogens is 340 g/mol. The molecule has 142 valence electrons. The maximum Gasteiger partial charge on any atom is 0.249 e. The van der Waals surface area contributed by atoms with Crippen molar-refractivity contribution in [1.29, 1.82) is 0 Å². The molecule has 1 aliphatic rings. The maximum absolute atomic E-state index is 12.8. The normalized spacial score (nSPS) is 17.0. The zero-order valence-electron chi connectivity index (χ0n) is 15.7. The van der Waals surface area contributed by atoms with Gasteiger partial charge in [0.05, 0.1) is 6.61 Å². The van der Waals surface area contributed by atoms with Gasteiger partial charge in [-0.15, -0.1) is 0 Å². The molecule has 0 bridgehead atoms. The van der Waals surface area contributed by atoms with Gasteiger partial charge in [0.15, 0.2) is 0 Å². The molecule has 2 amide bonds. The first-order valence-corrected chi connectivity index (χ1v) is 9.48. The van der Waals surface area contributed by atoms with E-state index in [0.717, 1.165) is 30.5 Å². The highest BCUT2D eigenvalue weighted by atomic mass is 16.5. The lowest BCUT2D eigenvalue weighted by atomic mass is 10.1. The van der Waals surface area contributed by atoms with E-state index in [2.05, 4.69) is 12.2 Å². The quantitative estimate of drug-likeness (QED) is 0.817. The number of ether oxygens (including phenoxy) is 1. The van der Waals surface area contributed by atoms with E-state index in [0.29, 0.717) is 6.54 Å². The van der Waals surface area contributed by atoms with E-state index in [-0.39, 0.29) is 25.0 Å². The van der Waals surface area contributed by atoms with E-state index in [1.165, 1.54) is 5.56 Å². The van der Waals surface area contributed by atoms with Crippen LogP contribution in [0.15, 0.2) is 54.6 Å². The minimum Gasteiger partial charge on any atom is -0.369 e. The van der Waals surface area contributed by atoms with Crippen molar-refractivity contribution in [3.05, 3.63) is 65.7 Å². The summed E-state index contributed by atoms with van der Waals surface area (Å²) in [5.41, 5.74) is 2.99. The highest BCUT2D eigenvalue weighted by Gasteiger charge is 2.34. The fourth-order valence-corrected chi connectivity index (χ4v) is 3.16. The Balaban J connectivity index is 1.66. The van der Waals surface area contributed by atoms with Crippen LogP contribution < -0.4 is 5.32 Å². The standard InChI is InChI=1S/C22H26N2O3/c1-2-3-7-17-10-12-19(13-11-17)23-22(26)20-15-27-16-21(25)24(20)14-18-8-5-4-6-9-18/h4-6,8-13,20H,2-3,7,14-16H2,1H3,(H,23,26)/t20-/m0/s1. The smallest absolute Gasteiger partial charge is 0.249 e. The first-order valence-electron chi connectivity index (χ1n) is 9.48. The van der Waals surface area contributed by atoms with Crippen LogP contribution in [-0.4, -0.2) is 36.0 Å². The van der Waals surface area contributed by atoms with Crippen molar-refractivity contribution in [2.45, 2.75) is 38.8 Å². The van der Waals surface area contributed by atoms with Gasteiger partial charge < -0.3 is 15.0 Å². The molecule has 2 aromatic carbocycles. The molecule has 0 aromatic heterocycles. The van der Waals surface area contributed by atoms with Gasteiger partial charge in [-0.2, -0.15) is 0 Å². The summed E-state index contributed by atoms with van der Waals surface area (Å²) in [6.07, 6.45) is 3.35. The third-order valence-electron chi connectivity index (χ3n) is 4.74. The van der Waals surface area contributed by atoms with Crippen molar-refractivity contribution in [3.63, 3.8) is 0 Å². The van der Waals surface area contributed by atoms with Gasteiger partial charge in [0.2, 0.25) is 11.8 Å². The molecule has 1 saturated heterocycles. The molecule has 0 spiro atoms. The Labute approximate surface area is 160 Å². The summed E-state index contributed by atoms with van der Waals surface area (Å²) in [6, 6.07) is 17.0. The number of hydrogen-bond donors (Lipinski definition) is 1. The van der Waals surface area contributed by atoms with Crippen LogP contribution in [0.5, 0.6) is 0 Å². The van der Waals surface area contributed by atoms with Crippen LogP contribution in [0.4, 0.5) is 5.69 Å². The summed E-state index contributed by atoms with van der Waals surface area (Å²) < 4.78 is 5.33. The van der Waals surface area contributed by atoms with Crippen molar-refractivity contribution < 1.29 is 14.3 Å². The number of hydrogen-bond acceptors (Lipinski definition) is 3. The number of nitrogens with one attached hydrogen (secondary N) is 1. The highest BCUT2D eigenvalue weighted by Crippen LogP contribution is 2.17. The van der Waals surface area contributed by atoms with Crippen molar-refractivity contribution in [3.8, 4) is 0 Å². The van der Waals surface area contributed by atoms with Crippen LogP contribution in [0.3, 0.4) is 0 Å². The molecule has 5 nitrogen and oxygen atoms in total. The number of rotatable bonds is 7. The van der Waals surface area contributed by atoms with Crippen molar-refractivity contribution >= 4 is 17.5 Å². The summed E-state index contributed by atoms with van der Waals surface area (Å²) >= 11 is 0. The third kappa shape index (κ3) is 5.17. The summed E-state index contributed by atoms with van der Waals surface area (Å²) in [4.78, 5) is 26.7. The van der Waals surface area contributed by atoms with Crippen LogP contribution in [0.1, 0.15) is 30.9 Å². The van der Waals surface area contributed by atoms with E-state index >= 15 is 0 Å². The molecule has 1 heterocycles. The third-order valence-corrected chi connectivity index (χ3v) is 4.74. The second-order valence-corrected chi connectivity index (χ2v) is 6.83. The lowest BCUT2D eigenvalue weighted by Crippen LogP contribution is -2.54. The molecule has 0 saturated carbocycles. The van der Waals surface area contributed by atoms with Gasteiger partial charge in [-0.25, -0.2) is 0 Å². The topological polar surface area (TPSA) is 58.6 Å². The molecule has 0 unspecified atom stereocenters. The Bertz CT molecular complexity index is 759. The Hall–Kier alpha value is -2.66. The molecule has 0 radical (unpaired) electrons. The minimum atomic E-state index is -0.633. The molecule has 3 rings (SSSR count). The fraction of sp³-hybridized carbons (Fsp3) is 0.364. The van der Waals surface area contributed by atoms with E-state index in [1.54, 1.807) is 4.90 Å². The monoisotopic (exact) mass is 366 g/mol. The first-order chi connectivity index (χ1) is 13.2. The number of benzene rings is 2. The number of carbonyl (C=O) groups is 2. The molecule has 2 aromatic rings. The number of carbonyl (C=O) groups excluding carboxylic acids is 2. The average molecular weight is 366 g/mol. The summed E-state index contributed by atoms with van der Waals surface area (Å²) in [5, 5.41) is 2.92. The van der Waals surface area contributed by atoms with Gasteiger partial charge in [0.1, 0.15) is 12.6 Å². The largest absolute Gasteiger partial charge is 0.369 e.